The Hall–Kier alpha value is -2.79. The molecule has 208 valence electrons. The highest BCUT2D eigenvalue weighted by Crippen LogP contribution is 2.31. The molecule has 0 spiro atoms. The Morgan fingerprint density at radius 3 is 2.70 bits per heavy atom. The molecule has 0 aromatic carbocycles. The molecular weight excluding hydrogens is 487 g/mol. The Bertz CT molecular complexity index is 897. The van der Waals surface area contributed by atoms with Gasteiger partial charge in [-0.05, 0) is 44.9 Å². The average Bonchev–Trinajstić information content (AvgIpc) is 2.90. The van der Waals surface area contributed by atoms with E-state index >= 15 is 0 Å². The third kappa shape index (κ3) is 9.23. The van der Waals surface area contributed by atoms with Gasteiger partial charge in [-0.3, -0.25) is 9.18 Å². The number of carbonyl (C=O) groups excluding carboxylic acids is 3. The molecule has 1 aliphatic heterocycles. The fourth-order valence-electron chi connectivity index (χ4n) is 4.14. The number of esters is 2. The van der Waals surface area contributed by atoms with E-state index < -0.39 is 42.8 Å². The maximum atomic E-state index is 13.3. The van der Waals surface area contributed by atoms with Crippen LogP contribution in [-0.2, 0) is 23.8 Å². The van der Waals surface area contributed by atoms with E-state index in [1.807, 2.05) is 13.8 Å². The number of hydrogen-bond donors (Lipinski definition) is 1. The van der Waals surface area contributed by atoms with Gasteiger partial charge in [-0.2, -0.15) is 0 Å². The van der Waals surface area contributed by atoms with E-state index in [1.54, 1.807) is 13.8 Å². The molecule has 1 amide bonds. The van der Waals surface area contributed by atoms with Crippen LogP contribution in [0.2, 0.25) is 0 Å². The Kier molecular flexibility index (Phi) is 12.7. The zero-order valence-corrected chi connectivity index (χ0v) is 22.3. The van der Waals surface area contributed by atoms with E-state index in [2.05, 4.69) is 10.3 Å². The first kappa shape index (κ1) is 30.4. The highest BCUT2D eigenvalue weighted by atomic mass is 19.1. The fourth-order valence-corrected chi connectivity index (χ4v) is 4.14. The van der Waals surface area contributed by atoms with Gasteiger partial charge in [0.25, 0.3) is 5.91 Å². The lowest BCUT2D eigenvalue weighted by Gasteiger charge is -2.31. The number of ether oxygens (including phenoxy) is 5. The van der Waals surface area contributed by atoms with Gasteiger partial charge in [-0.1, -0.05) is 20.3 Å². The van der Waals surface area contributed by atoms with Gasteiger partial charge in [0.05, 0.1) is 19.9 Å². The number of hydrogen-bond acceptors (Lipinski definition) is 9. The van der Waals surface area contributed by atoms with Gasteiger partial charge >= 0.3 is 11.9 Å². The summed E-state index contributed by atoms with van der Waals surface area (Å²) in [4.78, 5) is 42.4. The number of rotatable bonds is 12. The van der Waals surface area contributed by atoms with Crippen LogP contribution in [0, 0.1) is 11.8 Å². The van der Waals surface area contributed by atoms with Crippen molar-refractivity contribution in [3.63, 3.8) is 0 Å². The predicted octanol–water partition coefficient (Wildman–Crippen LogP) is 3.26. The molecule has 2 heterocycles. The zero-order valence-electron chi connectivity index (χ0n) is 22.3. The number of cyclic esters (lactones) is 1. The van der Waals surface area contributed by atoms with Crippen molar-refractivity contribution in [3.8, 4) is 11.5 Å². The van der Waals surface area contributed by atoms with Crippen molar-refractivity contribution >= 4 is 17.8 Å². The number of alkyl halides is 1. The van der Waals surface area contributed by atoms with Crippen LogP contribution in [0.15, 0.2) is 12.3 Å². The van der Waals surface area contributed by atoms with Crippen LogP contribution in [-0.4, -0.2) is 74.7 Å². The molecule has 1 aromatic rings. The normalized spacial score (nSPS) is 22.4. The summed E-state index contributed by atoms with van der Waals surface area (Å²) in [6.45, 7) is 7.42. The standard InChI is InChI=1S/C26H39FN2O8/c1-6-34-15-21(30)37-24-20(33-5)11-13-28-22(24)25(31)29-19-9-7-8-18(10-12-27)23(35-14-16(2)3)17(4)36-26(19)32/h11,13,16-19,23H,6-10,12,14-15H2,1-5H3,(H,29,31). The largest absolute Gasteiger partial charge is 0.493 e. The second-order valence-corrected chi connectivity index (χ2v) is 9.33. The van der Waals surface area contributed by atoms with E-state index in [4.69, 9.17) is 23.7 Å². The smallest absolute Gasteiger partial charge is 0.337 e. The van der Waals surface area contributed by atoms with Crippen LogP contribution in [0.3, 0.4) is 0 Å². The van der Waals surface area contributed by atoms with Crippen LogP contribution < -0.4 is 14.8 Å². The fraction of sp³-hybridized carbons (Fsp3) is 0.692. The summed E-state index contributed by atoms with van der Waals surface area (Å²) in [5.41, 5.74) is -0.224. The number of methoxy groups -OCH3 is 1. The van der Waals surface area contributed by atoms with E-state index in [0.29, 0.717) is 32.5 Å². The van der Waals surface area contributed by atoms with Crippen molar-refractivity contribution in [3.05, 3.63) is 18.0 Å². The number of nitrogens with zero attached hydrogens (tertiary/aromatic N) is 1. The molecule has 10 nitrogen and oxygen atoms in total. The van der Waals surface area contributed by atoms with Gasteiger partial charge in [0.15, 0.2) is 11.4 Å². The van der Waals surface area contributed by atoms with Crippen LogP contribution in [0.25, 0.3) is 0 Å². The minimum Gasteiger partial charge on any atom is -0.493 e. The Morgan fingerprint density at radius 2 is 2.05 bits per heavy atom. The van der Waals surface area contributed by atoms with E-state index in [9.17, 15) is 18.8 Å². The maximum absolute atomic E-state index is 13.3. The number of aromatic nitrogens is 1. The molecule has 0 bridgehead atoms. The molecular formula is C26H39FN2O8. The minimum absolute atomic E-state index is 0.120. The number of amides is 1. The highest BCUT2D eigenvalue weighted by molar-refractivity contribution is 5.98. The SMILES string of the molecule is CCOCC(=O)Oc1c(OC)ccnc1C(=O)NC1CCCC(CCF)C(OCC(C)C)C(C)OC1=O. The topological polar surface area (TPSA) is 122 Å². The van der Waals surface area contributed by atoms with Gasteiger partial charge < -0.3 is 29.0 Å². The first-order valence-electron chi connectivity index (χ1n) is 12.7. The van der Waals surface area contributed by atoms with Crippen molar-refractivity contribution < 1.29 is 42.5 Å². The molecule has 2 rings (SSSR count). The number of halogens is 1. The van der Waals surface area contributed by atoms with Crippen LogP contribution in [0.1, 0.15) is 63.9 Å². The first-order chi connectivity index (χ1) is 17.7. The van der Waals surface area contributed by atoms with Crippen molar-refractivity contribution in [2.24, 2.45) is 11.8 Å². The van der Waals surface area contributed by atoms with Gasteiger partial charge in [0.2, 0.25) is 5.75 Å². The Labute approximate surface area is 217 Å². The molecule has 1 aliphatic rings. The summed E-state index contributed by atoms with van der Waals surface area (Å²) < 4.78 is 40.6. The van der Waals surface area contributed by atoms with Crippen molar-refractivity contribution in [2.75, 3.05) is 33.6 Å². The Morgan fingerprint density at radius 1 is 1.30 bits per heavy atom. The second kappa shape index (κ2) is 15.5. The molecule has 37 heavy (non-hydrogen) atoms. The molecule has 1 saturated heterocycles. The summed E-state index contributed by atoms with van der Waals surface area (Å²) in [5.74, 6) is -2.02. The van der Waals surface area contributed by atoms with Gasteiger partial charge in [0, 0.05) is 25.5 Å². The zero-order chi connectivity index (χ0) is 27.4. The third-order valence-electron chi connectivity index (χ3n) is 5.93. The van der Waals surface area contributed by atoms with Crippen molar-refractivity contribution in [2.45, 2.75) is 71.6 Å². The molecule has 1 fully saturated rings. The van der Waals surface area contributed by atoms with E-state index in [-0.39, 0.29) is 42.1 Å². The second-order valence-electron chi connectivity index (χ2n) is 9.33. The highest BCUT2D eigenvalue weighted by Gasteiger charge is 2.35. The summed E-state index contributed by atoms with van der Waals surface area (Å²) >= 11 is 0. The summed E-state index contributed by atoms with van der Waals surface area (Å²) in [6.07, 6.45) is 1.97. The third-order valence-corrected chi connectivity index (χ3v) is 5.93. The predicted molar refractivity (Wildman–Crippen MR) is 132 cm³/mol. The quantitative estimate of drug-likeness (QED) is 0.409. The molecule has 1 aromatic heterocycles. The number of pyridine rings is 1. The van der Waals surface area contributed by atoms with Crippen LogP contribution in [0.4, 0.5) is 4.39 Å². The molecule has 0 saturated carbocycles. The first-order valence-corrected chi connectivity index (χ1v) is 12.7. The lowest BCUT2D eigenvalue weighted by Crippen LogP contribution is -2.45. The number of nitrogens with one attached hydrogen (secondary N) is 1. The average molecular weight is 527 g/mol. The summed E-state index contributed by atoms with van der Waals surface area (Å²) in [6, 6.07) is 0.461. The monoisotopic (exact) mass is 526 g/mol. The van der Waals surface area contributed by atoms with Crippen molar-refractivity contribution in [1.82, 2.24) is 10.3 Å². The maximum Gasteiger partial charge on any atom is 0.337 e. The van der Waals surface area contributed by atoms with Gasteiger partial charge in [-0.25, -0.2) is 14.6 Å². The van der Waals surface area contributed by atoms with Crippen LogP contribution >= 0.6 is 0 Å². The van der Waals surface area contributed by atoms with Gasteiger partial charge in [0.1, 0.15) is 18.8 Å². The summed E-state index contributed by atoms with van der Waals surface area (Å²) in [7, 11) is 1.36. The lowest BCUT2D eigenvalue weighted by atomic mass is 9.90. The minimum atomic E-state index is -0.982. The Balaban J connectivity index is 2.22. The molecule has 4 unspecified atom stereocenters. The molecule has 11 heteroatoms. The molecule has 1 N–H and O–H groups in total. The van der Waals surface area contributed by atoms with Gasteiger partial charge in [-0.15, -0.1) is 0 Å². The van der Waals surface area contributed by atoms with Crippen molar-refractivity contribution in [1.29, 1.82) is 0 Å². The molecule has 4 atom stereocenters. The lowest BCUT2D eigenvalue weighted by molar-refractivity contribution is -0.161. The molecule has 0 aliphatic carbocycles. The summed E-state index contributed by atoms with van der Waals surface area (Å²) in [5, 5.41) is 2.65. The van der Waals surface area contributed by atoms with E-state index in [1.165, 1.54) is 19.4 Å². The van der Waals surface area contributed by atoms with Crippen LogP contribution in [0.5, 0.6) is 11.5 Å². The number of carbonyl (C=O) groups is 3. The van der Waals surface area contributed by atoms with E-state index in [0.717, 1.165) is 0 Å². The molecule has 0 radical (unpaired) electrons.